The maximum absolute atomic E-state index is 12.6. The van der Waals surface area contributed by atoms with Crippen molar-refractivity contribution in [1.82, 2.24) is 9.78 Å². The minimum Gasteiger partial charge on any atom is -0.490 e. The van der Waals surface area contributed by atoms with E-state index in [-0.39, 0.29) is 5.91 Å². The summed E-state index contributed by atoms with van der Waals surface area (Å²) in [7, 11) is 0. The minimum absolute atomic E-state index is 0.296. The molecule has 0 bridgehead atoms. The molecule has 1 amide bonds. The second-order valence-corrected chi connectivity index (χ2v) is 6.89. The molecular weight excluding hydrogens is 413 g/mol. The molecule has 6 nitrogen and oxygen atoms in total. The monoisotopic (exact) mass is 433 g/mol. The molecule has 0 saturated carbocycles. The zero-order valence-corrected chi connectivity index (χ0v) is 17.6. The molecule has 2 aromatic carbocycles. The van der Waals surface area contributed by atoms with E-state index in [1.54, 1.807) is 53.3 Å². The van der Waals surface area contributed by atoms with E-state index in [2.05, 4.69) is 10.4 Å². The number of aromatic nitrogens is 2. The van der Waals surface area contributed by atoms with E-state index in [1.807, 2.05) is 13.8 Å². The Morgan fingerprint density at radius 1 is 1.03 bits per heavy atom. The molecule has 29 heavy (non-hydrogen) atoms. The molecule has 1 aromatic heterocycles. The van der Waals surface area contributed by atoms with Gasteiger partial charge in [0.1, 0.15) is 0 Å². The third-order valence-corrected chi connectivity index (χ3v) is 4.78. The van der Waals surface area contributed by atoms with Gasteiger partial charge in [0.05, 0.1) is 19.8 Å². The lowest BCUT2D eigenvalue weighted by Gasteiger charge is -2.12. The minimum atomic E-state index is -0.296. The Morgan fingerprint density at radius 3 is 2.41 bits per heavy atom. The van der Waals surface area contributed by atoms with Crippen molar-refractivity contribution in [3.63, 3.8) is 0 Å². The fourth-order valence-electron chi connectivity index (χ4n) is 2.74. The summed E-state index contributed by atoms with van der Waals surface area (Å²) in [6, 6.07) is 12.1. The SMILES string of the molecule is CCOc1ccc(C(=O)Nc2ccn(Cc3c(Cl)cccc3Cl)n2)cc1OCC. The van der Waals surface area contributed by atoms with Gasteiger partial charge < -0.3 is 14.8 Å². The van der Waals surface area contributed by atoms with Crippen molar-refractivity contribution >= 4 is 34.9 Å². The van der Waals surface area contributed by atoms with Crippen LogP contribution in [0.5, 0.6) is 11.5 Å². The van der Waals surface area contributed by atoms with Gasteiger partial charge in [0.25, 0.3) is 5.91 Å². The lowest BCUT2D eigenvalue weighted by molar-refractivity contribution is 0.102. The van der Waals surface area contributed by atoms with Gasteiger partial charge in [0.15, 0.2) is 17.3 Å². The number of rotatable bonds is 8. The van der Waals surface area contributed by atoms with Crippen molar-refractivity contribution in [2.45, 2.75) is 20.4 Å². The smallest absolute Gasteiger partial charge is 0.257 e. The van der Waals surface area contributed by atoms with Crippen molar-refractivity contribution in [3.8, 4) is 11.5 Å². The molecule has 0 spiro atoms. The fraction of sp³-hybridized carbons (Fsp3) is 0.238. The molecule has 0 saturated heterocycles. The van der Waals surface area contributed by atoms with Crippen LogP contribution in [-0.2, 0) is 6.54 Å². The molecule has 0 atom stereocenters. The summed E-state index contributed by atoms with van der Waals surface area (Å²) < 4.78 is 12.8. The van der Waals surface area contributed by atoms with Gasteiger partial charge in [-0.25, -0.2) is 0 Å². The summed E-state index contributed by atoms with van der Waals surface area (Å²) in [6.45, 7) is 5.15. The van der Waals surface area contributed by atoms with Crippen molar-refractivity contribution in [2.75, 3.05) is 18.5 Å². The topological polar surface area (TPSA) is 65.4 Å². The Balaban J connectivity index is 1.72. The first-order valence-corrected chi connectivity index (χ1v) is 9.94. The van der Waals surface area contributed by atoms with Gasteiger partial charge in [-0.05, 0) is 44.2 Å². The van der Waals surface area contributed by atoms with E-state index in [4.69, 9.17) is 32.7 Å². The van der Waals surface area contributed by atoms with Crippen LogP contribution in [0.1, 0.15) is 29.8 Å². The van der Waals surface area contributed by atoms with Crippen molar-refractivity contribution < 1.29 is 14.3 Å². The highest BCUT2D eigenvalue weighted by Crippen LogP contribution is 2.29. The predicted molar refractivity (Wildman–Crippen MR) is 115 cm³/mol. The number of nitrogens with zero attached hydrogens (tertiary/aromatic N) is 2. The summed E-state index contributed by atoms with van der Waals surface area (Å²) >= 11 is 12.4. The second-order valence-electron chi connectivity index (χ2n) is 6.08. The summed E-state index contributed by atoms with van der Waals surface area (Å²) in [5.41, 5.74) is 1.21. The summed E-state index contributed by atoms with van der Waals surface area (Å²) in [4.78, 5) is 12.6. The zero-order chi connectivity index (χ0) is 20.8. The normalized spacial score (nSPS) is 10.6. The number of hydrogen-bond acceptors (Lipinski definition) is 4. The lowest BCUT2D eigenvalue weighted by Crippen LogP contribution is -2.13. The van der Waals surface area contributed by atoms with Crippen LogP contribution >= 0.6 is 23.2 Å². The summed E-state index contributed by atoms with van der Waals surface area (Å²) in [5.74, 6) is 1.26. The lowest BCUT2D eigenvalue weighted by atomic mass is 10.2. The third-order valence-electron chi connectivity index (χ3n) is 4.07. The number of ether oxygens (including phenoxy) is 2. The summed E-state index contributed by atoms with van der Waals surface area (Å²) in [6.07, 6.45) is 1.75. The Bertz CT molecular complexity index is 984. The van der Waals surface area contributed by atoms with Crippen LogP contribution in [0.2, 0.25) is 10.0 Å². The molecule has 1 N–H and O–H groups in total. The van der Waals surface area contributed by atoms with Gasteiger partial charge in [-0.2, -0.15) is 5.10 Å². The van der Waals surface area contributed by atoms with Crippen LogP contribution in [0.15, 0.2) is 48.7 Å². The second kappa shape index (κ2) is 9.67. The van der Waals surface area contributed by atoms with Gasteiger partial charge in [0.2, 0.25) is 0 Å². The highest BCUT2D eigenvalue weighted by atomic mass is 35.5. The maximum atomic E-state index is 12.6. The van der Waals surface area contributed by atoms with Crippen LogP contribution in [0.3, 0.4) is 0 Å². The first-order valence-electron chi connectivity index (χ1n) is 9.19. The van der Waals surface area contributed by atoms with Crippen molar-refractivity contribution in [2.24, 2.45) is 0 Å². The average molecular weight is 434 g/mol. The van der Waals surface area contributed by atoms with E-state index in [0.29, 0.717) is 52.7 Å². The number of carbonyl (C=O) groups is 1. The van der Waals surface area contributed by atoms with Crippen molar-refractivity contribution in [1.29, 1.82) is 0 Å². The molecule has 152 valence electrons. The average Bonchev–Trinajstić information content (AvgIpc) is 3.13. The van der Waals surface area contributed by atoms with Crippen LogP contribution in [0, 0.1) is 0 Å². The van der Waals surface area contributed by atoms with Gasteiger partial charge in [0, 0.05) is 33.4 Å². The molecule has 3 rings (SSSR count). The van der Waals surface area contributed by atoms with Gasteiger partial charge >= 0.3 is 0 Å². The largest absolute Gasteiger partial charge is 0.490 e. The first-order chi connectivity index (χ1) is 14.0. The van der Waals surface area contributed by atoms with Crippen LogP contribution in [0.4, 0.5) is 5.82 Å². The number of hydrogen-bond donors (Lipinski definition) is 1. The first kappa shape index (κ1) is 21.0. The molecule has 0 aliphatic rings. The third kappa shape index (κ3) is 5.22. The molecule has 0 unspecified atom stereocenters. The molecule has 8 heteroatoms. The number of benzene rings is 2. The van der Waals surface area contributed by atoms with Gasteiger partial charge in [-0.3, -0.25) is 9.48 Å². The van der Waals surface area contributed by atoms with E-state index >= 15 is 0 Å². The van der Waals surface area contributed by atoms with Crippen molar-refractivity contribution in [3.05, 3.63) is 69.8 Å². The highest BCUT2D eigenvalue weighted by molar-refractivity contribution is 6.35. The summed E-state index contributed by atoms with van der Waals surface area (Å²) in [5, 5.41) is 8.28. The van der Waals surface area contributed by atoms with Crippen LogP contribution in [0.25, 0.3) is 0 Å². The molecular formula is C21H21Cl2N3O3. The Morgan fingerprint density at radius 2 is 1.72 bits per heavy atom. The van der Waals surface area contributed by atoms with E-state index < -0.39 is 0 Å². The van der Waals surface area contributed by atoms with E-state index in [1.165, 1.54) is 0 Å². The Labute approximate surface area is 179 Å². The highest BCUT2D eigenvalue weighted by Gasteiger charge is 2.13. The van der Waals surface area contributed by atoms with E-state index in [9.17, 15) is 4.79 Å². The number of amides is 1. The number of halogens is 2. The Kier molecular flexibility index (Phi) is 7.01. The Hall–Kier alpha value is -2.70. The molecule has 0 fully saturated rings. The van der Waals surface area contributed by atoms with Gasteiger partial charge in [-0.15, -0.1) is 0 Å². The quantitative estimate of drug-likeness (QED) is 0.524. The molecule has 3 aromatic rings. The number of carbonyl (C=O) groups excluding carboxylic acids is 1. The molecule has 0 radical (unpaired) electrons. The maximum Gasteiger partial charge on any atom is 0.257 e. The van der Waals surface area contributed by atoms with Crippen LogP contribution < -0.4 is 14.8 Å². The molecule has 0 aliphatic carbocycles. The molecule has 0 aliphatic heterocycles. The molecule has 1 heterocycles. The standard InChI is InChI=1S/C21H21Cl2N3O3/c1-3-28-18-9-8-14(12-19(18)29-4-2)21(27)24-20-10-11-26(25-20)13-15-16(22)6-5-7-17(15)23/h5-12H,3-4,13H2,1-2H3,(H,24,25,27). The number of anilines is 1. The number of nitrogens with one attached hydrogen (secondary N) is 1. The fourth-order valence-corrected chi connectivity index (χ4v) is 3.26. The van der Waals surface area contributed by atoms with Gasteiger partial charge in [-0.1, -0.05) is 29.3 Å². The predicted octanol–water partition coefficient (Wildman–Crippen LogP) is 5.29. The van der Waals surface area contributed by atoms with Crippen LogP contribution in [-0.4, -0.2) is 28.9 Å². The zero-order valence-electron chi connectivity index (χ0n) is 16.1. The van der Waals surface area contributed by atoms with E-state index in [0.717, 1.165) is 5.56 Å².